The molecule has 5 saturated carbocycles. The number of hydrogen-bond acceptors (Lipinski definition) is 5. The van der Waals surface area contributed by atoms with E-state index >= 15 is 4.79 Å². The second-order valence-corrected chi connectivity index (χ2v) is 19.1. The van der Waals surface area contributed by atoms with E-state index in [0.717, 1.165) is 79.9 Å². The quantitative estimate of drug-likeness (QED) is 0.249. The minimum atomic E-state index is -0.472. The maximum Gasteiger partial charge on any atom is 0.302 e. The second kappa shape index (κ2) is 12.3. The van der Waals surface area contributed by atoms with E-state index in [9.17, 15) is 4.79 Å². The van der Waals surface area contributed by atoms with Gasteiger partial charge < -0.3 is 14.6 Å². The molecule has 0 radical (unpaired) electrons. The van der Waals surface area contributed by atoms with Gasteiger partial charge in [-0.2, -0.15) is 0 Å². The highest BCUT2D eigenvalue weighted by molar-refractivity contribution is 5.86. The first-order valence-corrected chi connectivity index (χ1v) is 20.3. The predicted octanol–water partition coefficient (Wildman–Crippen LogP) is 9.58. The Morgan fingerprint density at radius 1 is 0.863 bits per heavy atom. The zero-order chi connectivity index (χ0) is 36.1. The average molecular weight is 695 g/mol. The number of esters is 1. The first kappa shape index (κ1) is 35.1. The van der Waals surface area contributed by atoms with Crippen LogP contribution in [0.2, 0.25) is 0 Å². The van der Waals surface area contributed by atoms with Gasteiger partial charge in [0.05, 0.1) is 23.3 Å². The summed E-state index contributed by atoms with van der Waals surface area (Å²) in [6.07, 6.45) is 18.0. The Kier molecular flexibility index (Phi) is 8.46. The lowest BCUT2D eigenvalue weighted by Crippen LogP contribution is -2.60. The molecule has 3 heterocycles. The maximum absolute atomic E-state index is 15.9. The molecular formula is C44H62N4O3. The highest BCUT2D eigenvalue weighted by Crippen LogP contribution is 2.81. The normalized spacial score (nSPS) is 40.8. The Balaban J connectivity index is 1.14. The summed E-state index contributed by atoms with van der Waals surface area (Å²) < 4.78 is 5.74. The van der Waals surface area contributed by atoms with Gasteiger partial charge in [-0.15, -0.1) is 0 Å². The van der Waals surface area contributed by atoms with Crippen molar-refractivity contribution in [2.45, 2.75) is 131 Å². The van der Waals surface area contributed by atoms with Crippen LogP contribution in [0.1, 0.15) is 131 Å². The molecule has 11 unspecified atom stereocenters. The predicted molar refractivity (Wildman–Crippen MR) is 200 cm³/mol. The van der Waals surface area contributed by atoms with Crippen molar-refractivity contribution in [1.29, 1.82) is 0 Å². The summed E-state index contributed by atoms with van der Waals surface area (Å²) >= 11 is 0. The molecule has 0 spiro atoms. The molecule has 7 heteroatoms. The van der Waals surface area contributed by atoms with Crippen LogP contribution in [0.15, 0.2) is 42.9 Å². The zero-order valence-electron chi connectivity index (χ0n) is 32.3. The van der Waals surface area contributed by atoms with E-state index in [1.54, 1.807) is 6.92 Å². The fourth-order valence-electron chi connectivity index (χ4n) is 14.3. The van der Waals surface area contributed by atoms with E-state index in [0.29, 0.717) is 23.7 Å². The zero-order valence-corrected chi connectivity index (χ0v) is 32.3. The number of H-pyrrole nitrogens is 1. The summed E-state index contributed by atoms with van der Waals surface area (Å²) in [5.74, 6) is 5.53. The molecular weight excluding hydrogens is 633 g/mol. The topological polar surface area (TPSA) is 88.2 Å². The largest absolute Gasteiger partial charge is 0.463 e. The van der Waals surface area contributed by atoms with E-state index in [2.05, 4.69) is 56.4 Å². The summed E-state index contributed by atoms with van der Waals surface area (Å²) in [4.78, 5) is 42.7. The van der Waals surface area contributed by atoms with Crippen LogP contribution in [0, 0.1) is 63.1 Å². The summed E-state index contributed by atoms with van der Waals surface area (Å²) in [6, 6.07) is 3.98. The highest BCUT2D eigenvalue weighted by atomic mass is 16.5. The van der Waals surface area contributed by atoms with Crippen molar-refractivity contribution in [1.82, 2.24) is 19.9 Å². The van der Waals surface area contributed by atoms with Crippen molar-refractivity contribution in [2.75, 3.05) is 6.54 Å². The lowest BCUT2D eigenvalue weighted by atomic mass is 9.43. The average Bonchev–Trinajstić information content (AvgIpc) is 3.82. The van der Waals surface area contributed by atoms with Gasteiger partial charge in [0.2, 0.25) is 5.91 Å². The summed E-state index contributed by atoms with van der Waals surface area (Å²) in [5.41, 5.74) is 2.29. The van der Waals surface area contributed by atoms with Gasteiger partial charge in [-0.25, -0.2) is 4.98 Å². The molecule has 276 valence electrons. The smallest absolute Gasteiger partial charge is 0.302 e. The van der Waals surface area contributed by atoms with Crippen LogP contribution in [0.4, 0.5) is 0 Å². The third kappa shape index (κ3) is 4.87. The number of pyridine rings is 1. The Morgan fingerprint density at radius 2 is 1.53 bits per heavy atom. The summed E-state index contributed by atoms with van der Waals surface area (Å²) in [5, 5.41) is 0. The van der Waals surface area contributed by atoms with Gasteiger partial charge in [0.15, 0.2) is 0 Å². The number of hydrogen-bond donors (Lipinski definition) is 1. The van der Waals surface area contributed by atoms with Crippen LogP contribution >= 0.6 is 0 Å². The number of aromatic amines is 1. The van der Waals surface area contributed by atoms with Crippen molar-refractivity contribution in [3.8, 4) is 11.3 Å². The molecule has 2 aromatic rings. The Bertz CT molecular complexity index is 1680. The Hall–Kier alpha value is -2.96. The third-order valence-electron chi connectivity index (χ3n) is 17.3. The molecule has 1 amide bonds. The minimum absolute atomic E-state index is 0.0374. The minimum Gasteiger partial charge on any atom is -0.463 e. The van der Waals surface area contributed by atoms with Gasteiger partial charge in [0.25, 0.3) is 0 Å². The molecule has 51 heavy (non-hydrogen) atoms. The first-order valence-electron chi connectivity index (χ1n) is 20.3. The lowest BCUT2D eigenvalue weighted by molar-refractivity contribution is -0.173. The van der Waals surface area contributed by atoms with Crippen LogP contribution in [0.25, 0.3) is 11.3 Å². The molecule has 6 aliphatic rings. The van der Waals surface area contributed by atoms with Crippen molar-refractivity contribution in [3.63, 3.8) is 0 Å². The van der Waals surface area contributed by atoms with Gasteiger partial charge in [-0.05, 0) is 147 Å². The summed E-state index contributed by atoms with van der Waals surface area (Å²) in [7, 11) is 0. The van der Waals surface area contributed by atoms with Crippen LogP contribution in [-0.4, -0.2) is 44.4 Å². The van der Waals surface area contributed by atoms with Crippen LogP contribution < -0.4 is 0 Å². The number of nitrogens with one attached hydrogen (secondary N) is 1. The molecule has 1 N–H and O–H groups in total. The molecule has 2 aromatic heterocycles. The fraction of sp³-hybridized carbons (Fsp3) is 0.727. The molecule has 11 atom stereocenters. The Morgan fingerprint density at radius 3 is 2.25 bits per heavy atom. The van der Waals surface area contributed by atoms with Crippen molar-refractivity contribution in [2.24, 2.45) is 63.1 Å². The molecule has 1 aliphatic heterocycles. The van der Waals surface area contributed by atoms with E-state index < -0.39 is 5.41 Å². The number of likely N-dealkylation sites (tertiary alicyclic amines) is 1. The van der Waals surface area contributed by atoms with Gasteiger partial charge in [-0.3, -0.25) is 14.6 Å². The van der Waals surface area contributed by atoms with Crippen molar-refractivity contribution < 1.29 is 14.3 Å². The number of carbonyl (C=O) groups excluding carboxylic acids is 2. The number of carbonyl (C=O) groups is 2. The third-order valence-corrected chi connectivity index (χ3v) is 17.3. The maximum atomic E-state index is 15.9. The lowest BCUT2D eigenvalue weighted by Gasteiger charge is -2.61. The molecule has 0 aromatic carbocycles. The van der Waals surface area contributed by atoms with E-state index in [1.807, 2.05) is 30.7 Å². The fourth-order valence-corrected chi connectivity index (χ4v) is 14.3. The van der Waals surface area contributed by atoms with Crippen LogP contribution in [-0.2, 0) is 14.3 Å². The number of allylic oxidation sites excluding steroid dienone is 1. The number of imidazole rings is 1. The standard InChI is InChI=1S/C44H62N4O3/c1-26(2)43(8)38-35-16-15-32-31-14-12-30(51-27(3)49)24-29(31)11-13-33(32)34(35)17-20-44(38,42(6,7)41(43,4)5)40(50)48-23-9-10-37(48)39-46-25-36(47-39)28-18-21-45-22-19-28/h18-19,21-22,25,29-35,37-38H,1,9-17,20,23-24H2,2-8H3,(H,46,47). The molecule has 0 bridgehead atoms. The molecule has 6 fully saturated rings. The number of nitrogens with zero attached hydrogens (tertiary/aromatic N) is 3. The molecule has 8 rings (SSSR count). The number of amides is 1. The summed E-state index contributed by atoms with van der Waals surface area (Å²) in [6.45, 7) is 21.7. The van der Waals surface area contributed by atoms with E-state index in [1.165, 1.54) is 37.7 Å². The first-order chi connectivity index (χ1) is 24.2. The van der Waals surface area contributed by atoms with Gasteiger partial charge in [0, 0.05) is 31.4 Å². The molecule has 1 saturated heterocycles. The van der Waals surface area contributed by atoms with Gasteiger partial charge in [-0.1, -0.05) is 46.8 Å². The number of ether oxygens (including phenoxy) is 1. The highest BCUT2D eigenvalue weighted by Gasteiger charge is 2.79. The van der Waals surface area contributed by atoms with E-state index in [-0.39, 0.29) is 40.3 Å². The number of rotatable bonds is 5. The number of fused-ring (bicyclic) bond motifs is 7. The van der Waals surface area contributed by atoms with E-state index in [4.69, 9.17) is 16.3 Å². The Labute approximate surface area is 306 Å². The van der Waals surface area contributed by atoms with Gasteiger partial charge >= 0.3 is 5.97 Å². The van der Waals surface area contributed by atoms with Crippen LogP contribution in [0.3, 0.4) is 0 Å². The second-order valence-electron chi connectivity index (χ2n) is 19.1. The van der Waals surface area contributed by atoms with Crippen molar-refractivity contribution >= 4 is 11.9 Å². The van der Waals surface area contributed by atoms with Crippen molar-refractivity contribution in [3.05, 3.63) is 48.7 Å². The van der Waals surface area contributed by atoms with Crippen LogP contribution in [0.5, 0.6) is 0 Å². The molecule has 5 aliphatic carbocycles. The molecule has 7 nitrogen and oxygen atoms in total. The van der Waals surface area contributed by atoms with Gasteiger partial charge in [0.1, 0.15) is 11.9 Å². The number of aromatic nitrogens is 3. The monoisotopic (exact) mass is 694 g/mol. The SMILES string of the molecule is C=C(C)C1(C)C2C3CCC4C5CCC(OC(C)=O)CC5CCC4C3CCC2(C(=O)N2CCCC2c2ncc(-c3ccncc3)[nH]2)C(C)(C)C1(C)C.